The van der Waals surface area contributed by atoms with Crippen molar-refractivity contribution >= 4 is 5.97 Å². The van der Waals surface area contributed by atoms with E-state index in [0.29, 0.717) is 0 Å². The van der Waals surface area contributed by atoms with Gasteiger partial charge in [0.15, 0.2) is 0 Å². The van der Waals surface area contributed by atoms with Crippen LogP contribution in [0.15, 0.2) is 0 Å². The Hall–Kier alpha value is -0.640. The fraction of sp³-hybridized carbons (Fsp3) is 0.833. The SMILES string of the molecule is COCC(=O)OCCCF. The van der Waals surface area contributed by atoms with Crippen molar-refractivity contribution in [1.82, 2.24) is 0 Å². The van der Waals surface area contributed by atoms with Gasteiger partial charge in [0.2, 0.25) is 0 Å². The van der Waals surface area contributed by atoms with Crippen molar-refractivity contribution in [2.24, 2.45) is 0 Å². The third-order valence-corrected chi connectivity index (χ3v) is 0.803. The predicted octanol–water partition coefficient (Wildman–Crippen LogP) is 0.536. The van der Waals surface area contributed by atoms with Crippen molar-refractivity contribution in [3.05, 3.63) is 0 Å². The van der Waals surface area contributed by atoms with Crippen LogP contribution in [0.5, 0.6) is 0 Å². The summed E-state index contributed by atoms with van der Waals surface area (Å²) in [5.74, 6) is -0.448. The highest BCUT2D eigenvalue weighted by atomic mass is 19.1. The van der Waals surface area contributed by atoms with Crippen LogP contribution in [0.3, 0.4) is 0 Å². The van der Waals surface area contributed by atoms with E-state index >= 15 is 0 Å². The van der Waals surface area contributed by atoms with Gasteiger partial charge in [-0.3, -0.25) is 4.39 Å². The van der Waals surface area contributed by atoms with E-state index in [4.69, 9.17) is 0 Å². The smallest absolute Gasteiger partial charge is 0.332 e. The number of carbonyl (C=O) groups excluding carboxylic acids is 1. The zero-order valence-electron chi connectivity index (χ0n) is 5.93. The largest absolute Gasteiger partial charge is 0.464 e. The van der Waals surface area contributed by atoms with Gasteiger partial charge in [0.05, 0.1) is 13.3 Å². The molecule has 0 aliphatic rings. The fourth-order valence-electron chi connectivity index (χ4n) is 0.400. The van der Waals surface area contributed by atoms with Gasteiger partial charge in [0.25, 0.3) is 0 Å². The Morgan fingerprint density at radius 1 is 1.60 bits per heavy atom. The van der Waals surface area contributed by atoms with E-state index in [-0.39, 0.29) is 19.6 Å². The molecule has 0 aliphatic carbocycles. The summed E-state index contributed by atoms with van der Waals surface area (Å²) in [5.41, 5.74) is 0. The minimum absolute atomic E-state index is 0.0632. The standard InChI is InChI=1S/C6H11FO3/c1-9-5-6(8)10-4-2-3-7/h2-5H2,1H3. The number of esters is 1. The van der Waals surface area contributed by atoms with Gasteiger partial charge in [0, 0.05) is 13.5 Å². The van der Waals surface area contributed by atoms with Gasteiger partial charge in [-0.15, -0.1) is 0 Å². The van der Waals surface area contributed by atoms with Crippen LogP contribution >= 0.6 is 0 Å². The normalized spacial score (nSPS) is 9.40. The average Bonchev–Trinajstić information content (AvgIpc) is 1.89. The molecule has 0 atom stereocenters. The first-order valence-electron chi connectivity index (χ1n) is 3.01. The van der Waals surface area contributed by atoms with Crippen molar-refractivity contribution in [2.45, 2.75) is 6.42 Å². The zero-order chi connectivity index (χ0) is 7.82. The Labute approximate surface area is 59.1 Å². The van der Waals surface area contributed by atoms with E-state index in [9.17, 15) is 9.18 Å². The zero-order valence-corrected chi connectivity index (χ0v) is 5.93. The molecule has 0 fully saturated rings. The number of hydrogen-bond acceptors (Lipinski definition) is 3. The summed E-state index contributed by atoms with van der Waals surface area (Å²) < 4.78 is 20.4. The summed E-state index contributed by atoms with van der Waals surface area (Å²) >= 11 is 0. The Morgan fingerprint density at radius 3 is 2.80 bits per heavy atom. The van der Waals surface area contributed by atoms with Gasteiger partial charge < -0.3 is 9.47 Å². The second kappa shape index (κ2) is 6.48. The van der Waals surface area contributed by atoms with Crippen molar-refractivity contribution in [1.29, 1.82) is 0 Å². The fourth-order valence-corrected chi connectivity index (χ4v) is 0.400. The number of alkyl halides is 1. The Bertz CT molecular complexity index is 95.0. The average molecular weight is 150 g/mol. The van der Waals surface area contributed by atoms with Crippen LogP contribution in [0.2, 0.25) is 0 Å². The lowest BCUT2D eigenvalue weighted by atomic mass is 10.5. The van der Waals surface area contributed by atoms with Gasteiger partial charge >= 0.3 is 5.97 Å². The van der Waals surface area contributed by atoms with Gasteiger partial charge in [-0.05, 0) is 0 Å². The molecule has 0 saturated heterocycles. The minimum Gasteiger partial charge on any atom is -0.464 e. The lowest BCUT2D eigenvalue weighted by molar-refractivity contribution is -0.148. The van der Waals surface area contributed by atoms with Crippen LogP contribution in [-0.2, 0) is 14.3 Å². The highest BCUT2D eigenvalue weighted by molar-refractivity contribution is 5.70. The van der Waals surface area contributed by atoms with Crippen molar-refractivity contribution < 1.29 is 18.7 Å². The van der Waals surface area contributed by atoms with E-state index in [1.165, 1.54) is 7.11 Å². The number of halogens is 1. The molecule has 0 rings (SSSR count). The molecule has 0 aliphatic heterocycles. The lowest BCUT2D eigenvalue weighted by Crippen LogP contribution is -2.11. The first kappa shape index (κ1) is 9.36. The summed E-state index contributed by atoms with van der Waals surface area (Å²) in [6.07, 6.45) is 0.259. The number of ether oxygens (including phenoxy) is 2. The molecule has 0 radical (unpaired) electrons. The van der Waals surface area contributed by atoms with Crippen molar-refractivity contribution in [2.75, 3.05) is 27.0 Å². The molecule has 0 N–H and O–H groups in total. The molecule has 0 heterocycles. The summed E-state index contributed by atoms with van der Waals surface area (Å²) in [5, 5.41) is 0. The number of methoxy groups -OCH3 is 1. The molecule has 0 aromatic carbocycles. The third-order valence-electron chi connectivity index (χ3n) is 0.803. The molecule has 0 spiro atoms. The van der Waals surface area contributed by atoms with Crippen LogP contribution in [-0.4, -0.2) is 33.0 Å². The number of rotatable bonds is 5. The highest BCUT2D eigenvalue weighted by Crippen LogP contribution is 1.84. The quantitative estimate of drug-likeness (QED) is 0.423. The van der Waals surface area contributed by atoms with E-state index < -0.39 is 12.6 Å². The van der Waals surface area contributed by atoms with Crippen LogP contribution in [0.25, 0.3) is 0 Å². The second-order valence-electron chi connectivity index (χ2n) is 1.70. The Morgan fingerprint density at radius 2 is 2.30 bits per heavy atom. The maximum absolute atomic E-state index is 11.4. The summed E-state index contributed by atoms with van der Waals surface area (Å²) in [6.45, 7) is -0.384. The van der Waals surface area contributed by atoms with Crippen LogP contribution in [0, 0.1) is 0 Å². The first-order chi connectivity index (χ1) is 4.81. The molecule has 0 aromatic rings. The van der Waals surface area contributed by atoms with Gasteiger partial charge in [-0.2, -0.15) is 0 Å². The molecule has 0 saturated carbocycles. The number of carbonyl (C=O) groups is 1. The predicted molar refractivity (Wildman–Crippen MR) is 33.4 cm³/mol. The molecule has 3 nitrogen and oxygen atoms in total. The molecule has 0 unspecified atom stereocenters. The lowest BCUT2D eigenvalue weighted by Gasteiger charge is -2.00. The Kier molecular flexibility index (Phi) is 6.06. The summed E-state index contributed by atoms with van der Waals surface area (Å²) in [4.78, 5) is 10.4. The summed E-state index contributed by atoms with van der Waals surface area (Å²) in [6, 6.07) is 0. The molecular weight excluding hydrogens is 139 g/mol. The van der Waals surface area contributed by atoms with Gasteiger partial charge in [-0.25, -0.2) is 4.79 Å². The molecule has 0 aromatic heterocycles. The van der Waals surface area contributed by atoms with E-state index in [2.05, 4.69) is 9.47 Å². The molecule has 4 heteroatoms. The molecule has 10 heavy (non-hydrogen) atoms. The third kappa shape index (κ3) is 5.50. The van der Waals surface area contributed by atoms with Crippen molar-refractivity contribution in [3.8, 4) is 0 Å². The van der Waals surface area contributed by atoms with E-state index in [1.807, 2.05) is 0 Å². The topological polar surface area (TPSA) is 35.5 Å². The Balaban J connectivity index is 3.05. The second-order valence-corrected chi connectivity index (χ2v) is 1.70. The minimum atomic E-state index is -0.458. The monoisotopic (exact) mass is 150 g/mol. The molecule has 60 valence electrons. The molecule has 0 amide bonds. The van der Waals surface area contributed by atoms with Gasteiger partial charge in [0.1, 0.15) is 6.61 Å². The van der Waals surface area contributed by atoms with E-state index in [1.54, 1.807) is 0 Å². The molecule has 0 bridgehead atoms. The summed E-state index contributed by atoms with van der Waals surface area (Å²) in [7, 11) is 1.40. The van der Waals surface area contributed by atoms with E-state index in [0.717, 1.165) is 0 Å². The maximum Gasteiger partial charge on any atom is 0.332 e. The van der Waals surface area contributed by atoms with Crippen LogP contribution in [0.1, 0.15) is 6.42 Å². The highest BCUT2D eigenvalue weighted by Gasteiger charge is 1.99. The van der Waals surface area contributed by atoms with Gasteiger partial charge in [-0.1, -0.05) is 0 Å². The van der Waals surface area contributed by atoms with Crippen molar-refractivity contribution in [3.63, 3.8) is 0 Å². The maximum atomic E-state index is 11.4. The van der Waals surface area contributed by atoms with Crippen LogP contribution < -0.4 is 0 Å². The first-order valence-corrected chi connectivity index (χ1v) is 3.01. The molecular formula is C6H11FO3. The van der Waals surface area contributed by atoms with Crippen LogP contribution in [0.4, 0.5) is 4.39 Å². The number of hydrogen-bond donors (Lipinski definition) is 0.